The number of fused-ring (bicyclic) bond motifs is 1. The summed E-state index contributed by atoms with van der Waals surface area (Å²) in [5.41, 5.74) is 6.95. The number of carbonyl (C=O) groups is 1. The van der Waals surface area contributed by atoms with Crippen LogP contribution in [-0.2, 0) is 4.74 Å². The number of aliphatic imine (C=N–C) groups is 1. The van der Waals surface area contributed by atoms with E-state index in [1.807, 2.05) is 25.3 Å². The Hall–Kier alpha value is -2.88. The molecule has 4 heteroatoms. The summed E-state index contributed by atoms with van der Waals surface area (Å²) in [6, 6.07) is 11.9. The van der Waals surface area contributed by atoms with Crippen LogP contribution >= 0.6 is 0 Å². The molecule has 0 saturated heterocycles. The van der Waals surface area contributed by atoms with Crippen LogP contribution in [0.4, 0.5) is 11.4 Å². The second-order valence-corrected chi connectivity index (χ2v) is 7.70. The largest absolute Gasteiger partial charge is 0.465 e. The number of methoxy groups -OCH3 is 1. The molecule has 0 N–H and O–H groups in total. The minimum atomic E-state index is -0.341. The molecule has 2 aromatic rings. The lowest BCUT2D eigenvalue weighted by Gasteiger charge is -2.42. The summed E-state index contributed by atoms with van der Waals surface area (Å²) < 4.78 is 4.84. The molecule has 0 amide bonds. The third-order valence-corrected chi connectivity index (χ3v) is 5.38. The first-order valence-corrected chi connectivity index (χ1v) is 9.62. The van der Waals surface area contributed by atoms with Gasteiger partial charge in [0.1, 0.15) is 0 Å². The molecule has 0 fully saturated rings. The molecule has 0 aromatic heterocycles. The fourth-order valence-corrected chi connectivity index (χ4v) is 4.00. The van der Waals surface area contributed by atoms with Crippen molar-refractivity contribution in [2.45, 2.75) is 40.2 Å². The normalized spacial score (nSPS) is 15.4. The van der Waals surface area contributed by atoms with Crippen molar-refractivity contribution in [3.8, 4) is 0 Å². The molecule has 0 saturated carbocycles. The number of benzene rings is 2. The Morgan fingerprint density at radius 3 is 2.64 bits per heavy atom. The molecule has 1 heterocycles. The summed E-state index contributed by atoms with van der Waals surface area (Å²) in [4.78, 5) is 18.9. The van der Waals surface area contributed by atoms with Crippen LogP contribution in [0, 0.1) is 6.92 Å². The summed E-state index contributed by atoms with van der Waals surface area (Å²) in [5, 5.41) is 0. The van der Waals surface area contributed by atoms with E-state index >= 15 is 0 Å². The third-order valence-electron chi connectivity index (χ3n) is 5.38. The fourth-order valence-electron chi connectivity index (χ4n) is 4.00. The number of esters is 1. The summed E-state index contributed by atoms with van der Waals surface area (Å²) in [5.74, 6) is -0.341. The average Bonchev–Trinajstić information content (AvgIpc) is 2.66. The molecule has 1 aliphatic rings. The third kappa shape index (κ3) is 3.59. The Morgan fingerprint density at radius 2 is 1.96 bits per heavy atom. The van der Waals surface area contributed by atoms with E-state index in [1.54, 1.807) is 6.07 Å². The summed E-state index contributed by atoms with van der Waals surface area (Å²) in [6.07, 6.45) is 4.18. The predicted octanol–water partition coefficient (Wildman–Crippen LogP) is 5.55. The maximum absolute atomic E-state index is 11.9. The van der Waals surface area contributed by atoms with Crippen molar-refractivity contribution in [1.29, 1.82) is 0 Å². The van der Waals surface area contributed by atoms with Gasteiger partial charge in [-0.05, 0) is 75.6 Å². The summed E-state index contributed by atoms with van der Waals surface area (Å²) in [6.45, 7) is 11.7. The molecule has 0 atom stereocenters. The van der Waals surface area contributed by atoms with Crippen LogP contribution < -0.4 is 4.90 Å². The van der Waals surface area contributed by atoms with Gasteiger partial charge in [0.15, 0.2) is 0 Å². The molecule has 0 spiro atoms. The molecule has 0 unspecified atom stereocenters. The van der Waals surface area contributed by atoms with Crippen LogP contribution in [0.2, 0.25) is 0 Å². The monoisotopic (exact) mass is 376 g/mol. The molecule has 2 aromatic carbocycles. The Kier molecular flexibility index (Phi) is 5.41. The van der Waals surface area contributed by atoms with Gasteiger partial charge in [-0.25, -0.2) is 4.79 Å². The SMILES string of the molecule is CCN1c2ccc(C=Nc3cccc(C(=O)OC)c3C)cc2C(C)=CC1(C)C. The lowest BCUT2D eigenvalue weighted by atomic mass is 9.88. The second kappa shape index (κ2) is 7.63. The molecule has 4 nitrogen and oxygen atoms in total. The highest BCUT2D eigenvalue weighted by atomic mass is 16.5. The minimum absolute atomic E-state index is 0.00682. The zero-order valence-corrected chi connectivity index (χ0v) is 17.5. The van der Waals surface area contributed by atoms with Gasteiger partial charge in [0, 0.05) is 24.0 Å². The maximum Gasteiger partial charge on any atom is 0.338 e. The molecule has 28 heavy (non-hydrogen) atoms. The number of hydrogen-bond donors (Lipinski definition) is 0. The zero-order valence-electron chi connectivity index (χ0n) is 17.5. The van der Waals surface area contributed by atoms with Crippen molar-refractivity contribution in [3.05, 3.63) is 64.7 Å². The van der Waals surface area contributed by atoms with E-state index in [4.69, 9.17) is 4.74 Å². The van der Waals surface area contributed by atoms with Gasteiger partial charge in [-0.1, -0.05) is 18.2 Å². The second-order valence-electron chi connectivity index (χ2n) is 7.70. The van der Waals surface area contributed by atoms with Crippen molar-refractivity contribution in [2.75, 3.05) is 18.6 Å². The van der Waals surface area contributed by atoms with E-state index < -0.39 is 0 Å². The topological polar surface area (TPSA) is 41.9 Å². The van der Waals surface area contributed by atoms with Gasteiger partial charge >= 0.3 is 5.97 Å². The number of nitrogens with zero attached hydrogens (tertiary/aromatic N) is 2. The van der Waals surface area contributed by atoms with E-state index in [-0.39, 0.29) is 11.5 Å². The molecule has 3 rings (SSSR count). The first-order chi connectivity index (χ1) is 13.3. The van der Waals surface area contributed by atoms with Crippen molar-refractivity contribution < 1.29 is 9.53 Å². The highest BCUT2D eigenvalue weighted by Crippen LogP contribution is 2.38. The highest BCUT2D eigenvalue weighted by molar-refractivity contribution is 5.93. The zero-order chi connectivity index (χ0) is 20.5. The first kappa shape index (κ1) is 19.9. The molecule has 1 aliphatic heterocycles. The van der Waals surface area contributed by atoms with Crippen LogP contribution in [0.1, 0.15) is 54.7 Å². The number of hydrogen-bond acceptors (Lipinski definition) is 4. The molecular formula is C24H28N2O2. The minimum Gasteiger partial charge on any atom is -0.465 e. The summed E-state index contributed by atoms with van der Waals surface area (Å²) in [7, 11) is 1.39. The van der Waals surface area contributed by atoms with Gasteiger partial charge in [0.2, 0.25) is 0 Å². The Labute approximate surface area is 167 Å². The van der Waals surface area contributed by atoms with Gasteiger partial charge in [0.05, 0.1) is 23.9 Å². The Bertz CT molecular complexity index is 971. The lowest BCUT2D eigenvalue weighted by molar-refractivity contribution is 0.0600. The Balaban J connectivity index is 1.96. The van der Waals surface area contributed by atoms with Crippen molar-refractivity contribution in [1.82, 2.24) is 0 Å². The van der Waals surface area contributed by atoms with Gasteiger partial charge < -0.3 is 9.64 Å². The number of likely N-dealkylation sites (N-methyl/N-ethyl adjacent to an activating group) is 1. The van der Waals surface area contributed by atoms with Crippen LogP contribution in [0.3, 0.4) is 0 Å². The lowest BCUT2D eigenvalue weighted by Crippen LogP contribution is -2.44. The highest BCUT2D eigenvalue weighted by Gasteiger charge is 2.29. The maximum atomic E-state index is 11.9. The quantitative estimate of drug-likeness (QED) is 0.519. The van der Waals surface area contributed by atoms with Gasteiger partial charge in [-0.3, -0.25) is 4.99 Å². The van der Waals surface area contributed by atoms with Crippen molar-refractivity contribution >= 4 is 29.1 Å². The van der Waals surface area contributed by atoms with Gasteiger partial charge in [-0.15, -0.1) is 0 Å². The molecule has 146 valence electrons. The fraction of sp³-hybridized carbons (Fsp3) is 0.333. The number of allylic oxidation sites excluding steroid dienone is 1. The standard InChI is InChI=1S/C24H28N2O2/c1-7-26-22-12-11-18(13-20(22)16(2)14-24(26,4)5)15-25-21-10-8-9-19(17(21)3)23(27)28-6/h8-15H,7H2,1-6H3. The smallest absolute Gasteiger partial charge is 0.338 e. The van der Waals surface area contributed by atoms with E-state index in [9.17, 15) is 4.79 Å². The van der Waals surface area contributed by atoms with Gasteiger partial charge in [0.25, 0.3) is 0 Å². The summed E-state index contributed by atoms with van der Waals surface area (Å²) >= 11 is 0. The average molecular weight is 377 g/mol. The van der Waals surface area contributed by atoms with Crippen LogP contribution in [0.5, 0.6) is 0 Å². The molecule has 0 bridgehead atoms. The first-order valence-electron chi connectivity index (χ1n) is 9.62. The van der Waals surface area contributed by atoms with Gasteiger partial charge in [-0.2, -0.15) is 0 Å². The van der Waals surface area contributed by atoms with Crippen LogP contribution in [0.15, 0.2) is 47.5 Å². The van der Waals surface area contributed by atoms with E-state index in [0.29, 0.717) is 5.56 Å². The number of rotatable bonds is 4. The molecule has 0 radical (unpaired) electrons. The number of anilines is 1. The molecular weight excluding hydrogens is 348 g/mol. The molecule has 0 aliphatic carbocycles. The van der Waals surface area contributed by atoms with E-state index in [1.165, 1.54) is 23.9 Å². The number of carbonyl (C=O) groups excluding carboxylic acids is 1. The van der Waals surface area contributed by atoms with Crippen LogP contribution in [0.25, 0.3) is 5.57 Å². The predicted molar refractivity (Wildman–Crippen MR) is 117 cm³/mol. The van der Waals surface area contributed by atoms with Crippen molar-refractivity contribution in [2.24, 2.45) is 4.99 Å². The van der Waals surface area contributed by atoms with E-state index in [0.717, 1.165) is 23.4 Å². The number of ether oxygens (including phenoxy) is 1. The van der Waals surface area contributed by atoms with E-state index in [2.05, 4.69) is 61.9 Å². The Morgan fingerprint density at radius 1 is 1.21 bits per heavy atom. The van der Waals surface area contributed by atoms with Crippen LogP contribution in [-0.4, -0.2) is 31.4 Å². The van der Waals surface area contributed by atoms with Crippen molar-refractivity contribution in [3.63, 3.8) is 0 Å².